The molecular weight excluding hydrogens is 224 g/mol. The predicted octanol–water partition coefficient (Wildman–Crippen LogP) is 4.46. The standard InChI is InChI=1S/C16H17O2/c1-2-3-13-17-14-9-11-16(12-10-14)18-15-7-5-4-6-8-15/h5-12H,2-3,13H2,1H3. The van der Waals surface area contributed by atoms with Crippen molar-refractivity contribution in [2.75, 3.05) is 6.61 Å². The first-order chi connectivity index (χ1) is 8.88. The summed E-state index contributed by atoms with van der Waals surface area (Å²) in [4.78, 5) is 0. The molecular formula is C16H17O2. The van der Waals surface area contributed by atoms with Gasteiger partial charge >= 0.3 is 0 Å². The molecule has 0 heterocycles. The van der Waals surface area contributed by atoms with Crippen molar-refractivity contribution < 1.29 is 9.47 Å². The van der Waals surface area contributed by atoms with Crippen molar-refractivity contribution in [1.29, 1.82) is 0 Å². The van der Waals surface area contributed by atoms with Gasteiger partial charge in [-0.1, -0.05) is 25.5 Å². The molecule has 2 rings (SSSR count). The number of hydrogen-bond donors (Lipinski definition) is 0. The van der Waals surface area contributed by atoms with Gasteiger partial charge in [0.05, 0.1) is 6.61 Å². The van der Waals surface area contributed by atoms with Gasteiger partial charge in [-0.25, -0.2) is 0 Å². The first-order valence-electron chi connectivity index (χ1n) is 6.25. The van der Waals surface area contributed by atoms with Crippen LogP contribution in [0.3, 0.4) is 0 Å². The quantitative estimate of drug-likeness (QED) is 0.695. The Morgan fingerprint density at radius 2 is 1.50 bits per heavy atom. The maximum Gasteiger partial charge on any atom is 0.127 e. The molecule has 0 aliphatic rings. The summed E-state index contributed by atoms with van der Waals surface area (Å²) in [5.41, 5.74) is 0. The molecule has 0 aromatic heterocycles. The molecule has 0 N–H and O–H groups in total. The van der Waals surface area contributed by atoms with E-state index >= 15 is 0 Å². The van der Waals surface area contributed by atoms with Gasteiger partial charge in [0.1, 0.15) is 17.2 Å². The van der Waals surface area contributed by atoms with Crippen LogP contribution in [-0.2, 0) is 0 Å². The van der Waals surface area contributed by atoms with E-state index in [0.29, 0.717) is 0 Å². The van der Waals surface area contributed by atoms with E-state index in [9.17, 15) is 0 Å². The van der Waals surface area contributed by atoms with Gasteiger partial charge in [-0.05, 0) is 48.9 Å². The van der Waals surface area contributed by atoms with Crippen LogP contribution in [0.4, 0.5) is 0 Å². The largest absolute Gasteiger partial charge is 0.494 e. The van der Waals surface area contributed by atoms with Gasteiger partial charge in [0, 0.05) is 0 Å². The molecule has 0 spiro atoms. The minimum atomic E-state index is 0.769. The molecule has 1 radical (unpaired) electrons. The van der Waals surface area contributed by atoms with E-state index in [-0.39, 0.29) is 0 Å². The molecule has 0 unspecified atom stereocenters. The van der Waals surface area contributed by atoms with Crippen molar-refractivity contribution in [3.8, 4) is 17.2 Å². The average molecular weight is 241 g/mol. The van der Waals surface area contributed by atoms with E-state index in [1.165, 1.54) is 0 Å². The maximum atomic E-state index is 5.68. The summed E-state index contributed by atoms with van der Waals surface area (Å²) in [6.45, 7) is 2.92. The molecule has 2 aromatic carbocycles. The fourth-order valence-corrected chi connectivity index (χ4v) is 1.51. The van der Waals surface area contributed by atoms with Gasteiger partial charge < -0.3 is 9.47 Å². The van der Waals surface area contributed by atoms with Crippen molar-refractivity contribution in [1.82, 2.24) is 0 Å². The first kappa shape index (κ1) is 12.5. The van der Waals surface area contributed by atoms with Crippen LogP contribution in [0.5, 0.6) is 17.2 Å². The fourth-order valence-electron chi connectivity index (χ4n) is 1.51. The molecule has 0 aliphatic carbocycles. The number of ether oxygens (including phenoxy) is 2. The Labute approximate surface area is 108 Å². The third-order valence-electron chi connectivity index (χ3n) is 2.51. The van der Waals surface area contributed by atoms with Gasteiger partial charge in [0.25, 0.3) is 0 Å². The molecule has 0 aliphatic heterocycles. The summed E-state index contributed by atoms with van der Waals surface area (Å²) in [6, 6.07) is 18.1. The van der Waals surface area contributed by atoms with Crippen LogP contribution in [0.15, 0.2) is 48.5 Å². The van der Waals surface area contributed by atoms with Crippen molar-refractivity contribution >= 4 is 0 Å². The van der Waals surface area contributed by atoms with Crippen LogP contribution < -0.4 is 9.47 Å². The molecule has 2 heteroatoms. The smallest absolute Gasteiger partial charge is 0.127 e. The number of benzene rings is 2. The summed E-state index contributed by atoms with van der Waals surface area (Å²) in [7, 11) is 0. The molecule has 18 heavy (non-hydrogen) atoms. The second-order valence-electron chi connectivity index (χ2n) is 4.01. The van der Waals surface area contributed by atoms with Crippen molar-refractivity contribution in [3.63, 3.8) is 0 Å². The van der Waals surface area contributed by atoms with Gasteiger partial charge in [0.2, 0.25) is 0 Å². The second-order valence-corrected chi connectivity index (χ2v) is 4.01. The highest BCUT2D eigenvalue weighted by Crippen LogP contribution is 2.23. The summed E-state index contributed by atoms with van der Waals surface area (Å²) in [5, 5.41) is 0. The highest BCUT2D eigenvalue weighted by atomic mass is 16.5. The molecule has 0 fully saturated rings. The lowest BCUT2D eigenvalue weighted by Crippen LogP contribution is -1.95. The molecule has 0 saturated heterocycles. The highest BCUT2D eigenvalue weighted by molar-refractivity contribution is 5.35. The Morgan fingerprint density at radius 3 is 2.17 bits per heavy atom. The maximum absolute atomic E-state index is 5.68. The van der Waals surface area contributed by atoms with E-state index in [1.807, 2.05) is 48.5 Å². The number of rotatable bonds is 6. The Bertz CT molecular complexity index is 448. The minimum Gasteiger partial charge on any atom is -0.494 e. The molecule has 0 atom stereocenters. The molecule has 0 saturated carbocycles. The highest BCUT2D eigenvalue weighted by Gasteiger charge is 1.97. The van der Waals surface area contributed by atoms with E-state index < -0.39 is 0 Å². The van der Waals surface area contributed by atoms with E-state index in [2.05, 4.69) is 13.0 Å². The lowest BCUT2D eigenvalue weighted by Gasteiger charge is -2.07. The van der Waals surface area contributed by atoms with Crippen LogP contribution in [0.25, 0.3) is 0 Å². The van der Waals surface area contributed by atoms with Crippen LogP contribution in [0.2, 0.25) is 0 Å². The van der Waals surface area contributed by atoms with E-state index in [0.717, 1.165) is 36.7 Å². The summed E-state index contributed by atoms with van der Waals surface area (Å²) >= 11 is 0. The predicted molar refractivity (Wildman–Crippen MR) is 72.2 cm³/mol. The fraction of sp³-hybridized carbons (Fsp3) is 0.250. The lowest BCUT2D eigenvalue weighted by molar-refractivity contribution is 0.309. The Balaban J connectivity index is 1.91. The first-order valence-corrected chi connectivity index (χ1v) is 6.25. The third-order valence-corrected chi connectivity index (χ3v) is 2.51. The molecule has 0 bridgehead atoms. The van der Waals surface area contributed by atoms with E-state index in [1.54, 1.807) is 0 Å². The van der Waals surface area contributed by atoms with Gasteiger partial charge in [0.15, 0.2) is 0 Å². The van der Waals surface area contributed by atoms with Crippen LogP contribution in [0, 0.1) is 6.07 Å². The lowest BCUT2D eigenvalue weighted by atomic mass is 10.3. The third kappa shape index (κ3) is 3.81. The van der Waals surface area contributed by atoms with Crippen molar-refractivity contribution in [3.05, 3.63) is 54.6 Å². The zero-order chi connectivity index (χ0) is 12.6. The van der Waals surface area contributed by atoms with Gasteiger partial charge in [-0.3, -0.25) is 0 Å². The molecule has 2 aromatic rings. The Hall–Kier alpha value is -1.96. The van der Waals surface area contributed by atoms with Gasteiger partial charge in [-0.15, -0.1) is 0 Å². The summed E-state index contributed by atoms with van der Waals surface area (Å²) in [6.07, 6.45) is 2.23. The number of unbranched alkanes of at least 4 members (excludes halogenated alkanes) is 1. The van der Waals surface area contributed by atoms with Crippen molar-refractivity contribution in [2.24, 2.45) is 0 Å². The van der Waals surface area contributed by atoms with Crippen LogP contribution in [-0.4, -0.2) is 6.61 Å². The minimum absolute atomic E-state index is 0.769. The normalized spacial score (nSPS) is 10.1. The van der Waals surface area contributed by atoms with Crippen molar-refractivity contribution in [2.45, 2.75) is 19.8 Å². The second kappa shape index (κ2) is 6.70. The SMILES string of the molecule is CCCCOc1ccc(Oc2cc[c]cc2)cc1. The Kier molecular flexibility index (Phi) is 4.65. The average Bonchev–Trinajstić information content (AvgIpc) is 2.42. The van der Waals surface area contributed by atoms with Crippen LogP contribution >= 0.6 is 0 Å². The van der Waals surface area contributed by atoms with Crippen LogP contribution in [0.1, 0.15) is 19.8 Å². The van der Waals surface area contributed by atoms with Gasteiger partial charge in [-0.2, -0.15) is 0 Å². The molecule has 2 nitrogen and oxygen atoms in total. The zero-order valence-electron chi connectivity index (χ0n) is 10.6. The topological polar surface area (TPSA) is 18.5 Å². The monoisotopic (exact) mass is 241 g/mol. The van der Waals surface area contributed by atoms with E-state index in [4.69, 9.17) is 9.47 Å². The summed E-state index contributed by atoms with van der Waals surface area (Å²) in [5.74, 6) is 2.51. The molecule has 0 amide bonds. The molecule has 93 valence electrons. The summed E-state index contributed by atoms with van der Waals surface area (Å²) < 4.78 is 11.3. The number of hydrogen-bond acceptors (Lipinski definition) is 2. The Morgan fingerprint density at radius 1 is 0.889 bits per heavy atom. The zero-order valence-corrected chi connectivity index (χ0v) is 10.6.